The molecule has 9 nitrogen and oxygen atoms in total. The van der Waals surface area contributed by atoms with E-state index >= 15 is 0 Å². The molecule has 3 aromatic rings. The molecule has 3 heterocycles. The van der Waals surface area contributed by atoms with Crippen molar-refractivity contribution in [1.82, 2.24) is 14.8 Å². The fraction of sp³-hybridized carbons (Fsp3) is 0.385. The molecule has 1 aliphatic carbocycles. The number of carbonyl (C=O) groups is 2. The fourth-order valence-electron chi connectivity index (χ4n) is 5.00. The van der Waals surface area contributed by atoms with Gasteiger partial charge in [-0.2, -0.15) is 5.10 Å². The van der Waals surface area contributed by atoms with Gasteiger partial charge in [0.2, 0.25) is 0 Å². The number of anilines is 2. The minimum Gasteiger partial charge on any atom is -0.481 e. The highest BCUT2D eigenvalue weighted by molar-refractivity contribution is 5.84. The van der Waals surface area contributed by atoms with Crippen LogP contribution in [0.5, 0.6) is 0 Å². The van der Waals surface area contributed by atoms with Crippen molar-refractivity contribution in [3.05, 3.63) is 66.2 Å². The first-order chi connectivity index (χ1) is 17.4. The summed E-state index contributed by atoms with van der Waals surface area (Å²) in [6, 6.07) is 12.8. The van der Waals surface area contributed by atoms with Crippen LogP contribution in [-0.2, 0) is 9.53 Å². The third-order valence-electron chi connectivity index (χ3n) is 7.29. The Labute approximate surface area is 207 Å². The summed E-state index contributed by atoms with van der Waals surface area (Å²) in [7, 11) is 0. The summed E-state index contributed by atoms with van der Waals surface area (Å²) in [4.78, 5) is 30.7. The van der Waals surface area contributed by atoms with Gasteiger partial charge in [-0.25, -0.2) is 18.9 Å². The molecular weight excluding hydrogens is 465 g/mol. The van der Waals surface area contributed by atoms with E-state index in [0.29, 0.717) is 5.69 Å². The number of carbonyl (C=O) groups excluding carboxylic acids is 1. The van der Waals surface area contributed by atoms with E-state index in [2.05, 4.69) is 20.3 Å². The number of aliphatic carboxylic acids is 1. The highest BCUT2D eigenvalue weighted by Crippen LogP contribution is 2.55. The van der Waals surface area contributed by atoms with E-state index in [9.17, 15) is 19.1 Å². The van der Waals surface area contributed by atoms with Gasteiger partial charge < -0.3 is 14.7 Å². The van der Waals surface area contributed by atoms with Gasteiger partial charge in [-0.3, -0.25) is 10.1 Å². The summed E-state index contributed by atoms with van der Waals surface area (Å²) in [6.07, 6.45) is 4.46. The van der Waals surface area contributed by atoms with Crippen LogP contribution in [0.15, 0.2) is 54.9 Å². The van der Waals surface area contributed by atoms with Crippen LogP contribution in [0.2, 0.25) is 0 Å². The van der Waals surface area contributed by atoms with E-state index in [1.165, 1.54) is 4.68 Å². The van der Waals surface area contributed by atoms with Crippen molar-refractivity contribution in [2.24, 2.45) is 11.3 Å². The molecule has 10 heteroatoms. The van der Waals surface area contributed by atoms with Gasteiger partial charge in [0, 0.05) is 13.1 Å². The van der Waals surface area contributed by atoms with Gasteiger partial charge in [-0.05, 0) is 56.2 Å². The van der Waals surface area contributed by atoms with E-state index in [4.69, 9.17) is 4.74 Å². The lowest BCUT2D eigenvalue weighted by atomic mass is 9.81. The number of piperidine rings is 1. The van der Waals surface area contributed by atoms with Crippen LogP contribution in [0.25, 0.3) is 5.69 Å². The van der Waals surface area contributed by atoms with E-state index in [0.717, 1.165) is 56.4 Å². The van der Waals surface area contributed by atoms with Crippen molar-refractivity contribution in [3.63, 3.8) is 0 Å². The number of carboxylic acid groups (broad SMARTS) is 1. The van der Waals surface area contributed by atoms with E-state index in [1.54, 1.807) is 19.2 Å². The summed E-state index contributed by atoms with van der Waals surface area (Å²) in [5.41, 5.74) is 0.782. The third kappa shape index (κ3) is 4.62. The molecule has 2 N–H and O–H groups in total. The second kappa shape index (κ2) is 9.60. The van der Waals surface area contributed by atoms with Crippen LogP contribution in [0.1, 0.15) is 44.3 Å². The summed E-state index contributed by atoms with van der Waals surface area (Å²) in [5.74, 6) is -0.541. The van der Waals surface area contributed by atoms with Gasteiger partial charge in [0.25, 0.3) is 0 Å². The van der Waals surface area contributed by atoms with Crippen molar-refractivity contribution in [2.45, 2.75) is 38.7 Å². The molecule has 1 saturated heterocycles. The van der Waals surface area contributed by atoms with Crippen LogP contribution in [0, 0.1) is 17.2 Å². The van der Waals surface area contributed by atoms with Gasteiger partial charge in [0.15, 0.2) is 11.6 Å². The van der Waals surface area contributed by atoms with E-state index in [-0.39, 0.29) is 11.7 Å². The van der Waals surface area contributed by atoms with Crippen LogP contribution in [0.3, 0.4) is 0 Å². The smallest absolute Gasteiger partial charge is 0.413 e. The Bertz CT molecular complexity index is 1230. The molecule has 0 radical (unpaired) electrons. The molecule has 188 valence electrons. The average molecular weight is 494 g/mol. The molecule has 2 aliphatic rings. The first-order valence-corrected chi connectivity index (χ1v) is 12.1. The fourth-order valence-corrected chi connectivity index (χ4v) is 5.00. The van der Waals surface area contributed by atoms with Crippen LogP contribution in [0.4, 0.5) is 20.8 Å². The minimum absolute atomic E-state index is 0.140. The van der Waals surface area contributed by atoms with Crippen LogP contribution in [-0.4, -0.2) is 45.0 Å². The molecule has 1 aromatic carbocycles. The number of ether oxygens (including phenoxy) is 1. The Hall–Kier alpha value is -3.95. The predicted octanol–water partition coefficient (Wildman–Crippen LogP) is 4.80. The van der Waals surface area contributed by atoms with Crippen molar-refractivity contribution >= 4 is 23.7 Å². The first kappa shape index (κ1) is 23.8. The Balaban J connectivity index is 1.23. The van der Waals surface area contributed by atoms with Crippen molar-refractivity contribution < 1.29 is 23.8 Å². The molecule has 2 aromatic heterocycles. The number of halogens is 1. The topological polar surface area (TPSA) is 110 Å². The van der Waals surface area contributed by atoms with Gasteiger partial charge in [-0.15, -0.1) is 0 Å². The molecule has 1 amide bonds. The lowest BCUT2D eigenvalue weighted by molar-refractivity contribution is -0.146. The number of pyridine rings is 1. The largest absolute Gasteiger partial charge is 0.481 e. The molecule has 1 atom stereocenters. The summed E-state index contributed by atoms with van der Waals surface area (Å²) < 4.78 is 21.1. The second-order valence-electron chi connectivity index (χ2n) is 9.43. The maximum atomic E-state index is 14.5. The third-order valence-corrected chi connectivity index (χ3v) is 7.29. The quantitative estimate of drug-likeness (QED) is 0.487. The number of aromatic nitrogens is 3. The monoisotopic (exact) mass is 493 g/mol. The molecule has 0 bridgehead atoms. The summed E-state index contributed by atoms with van der Waals surface area (Å²) >= 11 is 0. The van der Waals surface area contributed by atoms with Gasteiger partial charge >= 0.3 is 12.1 Å². The van der Waals surface area contributed by atoms with E-state index < -0.39 is 29.4 Å². The number of rotatable bonds is 7. The number of benzene rings is 1. The molecule has 0 spiro atoms. The molecule has 2 fully saturated rings. The molecule has 1 aliphatic heterocycles. The number of amides is 1. The number of nitrogens with one attached hydrogen (secondary N) is 1. The van der Waals surface area contributed by atoms with Crippen molar-refractivity contribution in [2.75, 3.05) is 23.3 Å². The van der Waals surface area contributed by atoms with Crippen LogP contribution < -0.4 is 10.2 Å². The van der Waals surface area contributed by atoms with Gasteiger partial charge in [0.05, 0.1) is 23.5 Å². The predicted molar refractivity (Wildman–Crippen MR) is 131 cm³/mol. The molecule has 36 heavy (non-hydrogen) atoms. The lowest BCUT2D eigenvalue weighted by Crippen LogP contribution is -2.39. The Morgan fingerprint density at radius 3 is 2.47 bits per heavy atom. The Morgan fingerprint density at radius 1 is 1.14 bits per heavy atom. The zero-order valence-electron chi connectivity index (χ0n) is 19.9. The van der Waals surface area contributed by atoms with Crippen molar-refractivity contribution in [1.29, 1.82) is 0 Å². The first-order valence-electron chi connectivity index (χ1n) is 12.1. The normalized spacial score (nSPS) is 17.9. The number of hydrogen-bond donors (Lipinski definition) is 2. The molecule has 1 unspecified atom stereocenters. The second-order valence-corrected chi connectivity index (χ2v) is 9.43. The van der Waals surface area contributed by atoms with Crippen LogP contribution >= 0.6 is 0 Å². The zero-order chi connectivity index (χ0) is 25.3. The minimum atomic E-state index is -0.797. The highest BCUT2D eigenvalue weighted by Gasteiger charge is 2.56. The summed E-state index contributed by atoms with van der Waals surface area (Å²) in [5, 5.41) is 16.0. The average Bonchev–Trinajstić information content (AvgIpc) is 3.64. The molecule has 5 rings (SSSR count). The maximum absolute atomic E-state index is 14.5. The van der Waals surface area contributed by atoms with Crippen molar-refractivity contribution in [3.8, 4) is 5.69 Å². The highest BCUT2D eigenvalue weighted by atomic mass is 19.1. The maximum Gasteiger partial charge on any atom is 0.413 e. The molecular formula is C26H28FN5O4. The standard InChI is InChI=1S/C26H28FN5O4/c1-17(18-5-3-2-4-6-18)36-25(35)30-23-21(27)16-29-32(23)20-7-8-22(28-15-20)31-13-9-19(10-14-31)26(11-12-26)24(33)34/h2-8,15-17,19H,9-14H2,1H3,(H,30,35)(H,33,34). The number of carboxylic acids is 1. The number of hydrogen-bond acceptors (Lipinski definition) is 6. The Morgan fingerprint density at radius 2 is 1.86 bits per heavy atom. The number of nitrogens with zero attached hydrogens (tertiary/aromatic N) is 4. The summed E-state index contributed by atoms with van der Waals surface area (Å²) in [6.45, 7) is 3.21. The van der Waals surface area contributed by atoms with Gasteiger partial charge in [-0.1, -0.05) is 30.3 Å². The Kier molecular flexibility index (Phi) is 6.34. The SMILES string of the molecule is CC(OC(=O)Nc1c(F)cnn1-c1ccc(N2CCC(C3(C(=O)O)CC3)CC2)nc1)c1ccccc1. The zero-order valence-corrected chi connectivity index (χ0v) is 19.9. The molecule has 1 saturated carbocycles. The lowest BCUT2D eigenvalue weighted by Gasteiger charge is -2.35. The van der Waals surface area contributed by atoms with E-state index in [1.807, 2.05) is 36.4 Å². The van der Waals surface area contributed by atoms with Gasteiger partial charge in [0.1, 0.15) is 11.9 Å².